The molecule has 0 radical (unpaired) electrons. The topological polar surface area (TPSA) is 106 Å². The smallest absolute Gasteiger partial charge is 0.129 e. The molecule has 144 valence electrons. The molecular weight excluding hydrogens is 344 g/mol. The second kappa shape index (κ2) is 9.85. The van der Waals surface area contributed by atoms with Gasteiger partial charge in [0.1, 0.15) is 11.5 Å². The van der Waals surface area contributed by atoms with Gasteiger partial charge in [0.05, 0.1) is 13.2 Å². The number of aliphatic hydroxyl groups is 2. The van der Waals surface area contributed by atoms with Crippen LogP contribution in [0.4, 0.5) is 0 Å². The van der Waals surface area contributed by atoms with Crippen molar-refractivity contribution < 1.29 is 20.4 Å². The monoisotopic (exact) mass is 370 g/mol. The van der Waals surface area contributed by atoms with Crippen molar-refractivity contribution in [3.63, 3.8) is 0 Å². The Kier molecular flexibility index (Phi) is 7.52. The minimum absolute atomic E-state index is 0.0551. The SMILES string of the molecule is Cc1cc(C=NCCCN=Cc2cc(C)cc(CO)c2O)c(O)c(CO)c1. The van der Waals surface area contributed by atoms with Crippen LogP contribution in [0.25, 0.3) is 0 Å². The summed E-state index contributed by atoms with van der Waals surface area (Å²) in [5, 5.41) is 38.6. The molecule has 0 aromatic heterocycles. The summed E-state index contributed by atoms with van der Waals surface area (Å²) in [5.74, 6) is 0.110. The van der Waals surface area contributed by atoms with Crippen molar-refractivity contribution >= 4 is 12.4 Å². The molecule has 4 N–H and O–H groups in total. The van der Waals surface area contributed by atoms with Crippen LogP contribution in [0.5, 0.6) is 11.5 Å². The van der Waals surface area contributed by atoms with E-state index in [1.54, 1.807) is 24.6 Å². The molecule has 0 aliphatic rings. The molecule has 0 fully saturated rings. The number of hydrogen-bond donors (Lipinski definition) is 4. The summed E-state index contributed by atoms with van der Waals surface area (Å²) < 4.78 is 0. The van der Waals surface area contributed by atoms with E-state index >= 15 is 0 Å². The van der Waals surface area contributed by atoms with Gasteiger partial charge in [0.2, 0.25) is 0 Å². The van der Waals surface area contributed by atoms with Crippen LogP contribution in [0, 0.1) is 13.8 Å². The summed E-state index contributed by atoms with van der Waals surface area (Å²) >= 11 is 0. The fourth-order valence-corrected chi connectivity index (χ4v) is 2.78. The average Bonchev–Trinajstić information content (AvgIpc) is 2.65. The van der Waals surface area contributed by atoms with Crippen molar-refractivity contribution in [1.82, 2.24) is 0 Å². The standard InChI is InChI=1S/C21H26N2O4/c1-14-6-16(20(26)18(8-14)12-24)10-22-4-3-5-23-11-17-7-15(2)9-19(13-25)21(17)27/h6-11,24-27H,3-5,12-13H2,1-2H3. The van der Waals surface area contributed by atoms with Gasteiger partial charge < -0.3 is 20.4 Å². The zero-order valence-electron chi connectivity index (χ0n) is 15.7. The van der Waals surface area contributed by atoms with Crippen LogP contribution in [0.1, 0.15) is 39.8 Å². The van der Waals surface area contributed by atoms with Gasteiger partial charge in [-0.05, 0) is 43.5 Å². The van der Waals surface area contributed by atoms with Gasteiger partial charge in [-0.25, -0.2) is 0 Å². The Hall–Kier alpha value is -2.70. The lowest BCUT2D eigenvalue weighted by Gasteiger charge is -2.06. The van der Waals surface area contributed by atoms with E-state index in [9.17, 15) is 20.4 Å². The van der Waals surface area contributed by atoms with Crippen molar-refractivity contribution in [3.05, 3.63) is 57.6 Å². The van der Waals surface area contributed by atoms with Crippen molar-refractivity contribution in [2.24, 2.45) is 9.98 Å². The molecule has 0 amide bonds. The number of benzene rings is 2. The molecule has 0 spiro atoms. The minimum Gasteiger partial charge on any atom is -0.507 e. The maximum atomic E-state index is 10.1. The lowest BCUT2D eigenvalue weighted by atomic mass is 10.1. The Balaban J connectivity index is 1.90. The van der Waals surface area contributed by atoms with Crippen LogP contribution in [0.2, 0.25) is 0 Å². The first kappa shape index (κ1) is 20.6. The molecule has 0 unspecified atom stereocenters. The first-order valence-electron chi connectivity index (χ1n) is 8.82. The highest BCUT2D eigenvalue weighted by Crippen LogP contribution is 2.24. The number of aryl methyl sites for hydroxylation is 2. The quantitative estimate of drug-likeness (QED) is 0.423. The van der Waals surface area contributed by atoms with Gasteiger partial charge in [-0.1, -0.05) is 12.1 Å². The van der Waals surface area contributed by atoms with Crippen molar-refractivity contribution in [3.8, 4) is 11.5 Å². The Bertz CT molecular complexity index is 775. The lowest BCUT2D eigenvalue weighted by molar-refractivity contribution is 0.275. The van der Waals surface area contributed by atoms with Gasteiger partial charge in [0.15, 0.2) is 0 Å². The molecule has 6 nitrogen and oxygen atoms in total. The highest BCUT2D eigenvalue weighted by molar-refractivity contribution is 5.85. The Labute approximate surface area is 159 Å². The van der Waals surface area contributed by atoms with Crippen molar-refractivity contribution in [2.45, 2.75) is 33.5 Å². The average molecular weight is 370 g/mol. The molecule has 2 aromatic carbocycles. The van der Waals surface area contributed by atoms with E-state index in [4.69, 9.17) is 0 Å². The summed E-state index contributed by atoms with van der Waals surface area (Å²) in [7, 11) is 0. The molecule has 6 heteroatoms. The van der Waals surface area contributed by atoms with Gasteiger partial charge in [0.25, 0.3) is 0 Å². The molecule has 0 aliphatic carbocycles. The van der Waals surface area contributed by atoms with E-state index in [1.807, 2.05) is 26.0 Å². The Morgan fingerprint density at radius 2 is 1.15 bits per heavy atom. The van der Waals surface area contributed by atoms with Crippen LogP contribution in [0.3, 0.4) is 0 Å². The Morgan fingerprint density at radius 1 is 0.741 bits per heavy atom. The number of rotatable bonds is 8. The number of hydrogen-bond acceptors (Lipinski definition) is 6. The molecule has 2 rings (SSSR count). The van der Waals surface area contributed by atoms with E-state index in [2.05, 4.69) is 9.98 Å². The van der Waals surface area contributed by atoms with Crippen LogP contribution in [-0.2, 0) is 13.2 Å². The molecule has 0 bridgehead atoms. The third-order valence-corrected chi connectivity index (χ3v) is 4.10. The van der Waals surface area contributed by atoms with Gasteiger partial charge in [-0.15, -0.1) is 0 Å². The molecule has 0 saturated heterocycles. The minimum atomic E-state index is -0.215. The summed E-state index contributed by atoms with van der Waals surface area (Å²) in [4.78, 5) is 8.60. The summed E-state index contributed by atoms with van der Waals surface area (Å²) in [6.07, 6.45) is 3.92. The Morgan fingerprint density at radius 3 is 1.52 bits per heavy atom. The molecule has 0 heterocycles. The lowest BCUT2D eigenvalue weighted by Crippen LogP contribution is -1.95. The number of nitrogens with zero attached hydrogens (tertiary/aromatic N) is 2. The number of aliphatic hydroxyl groups excluding tert-OH is 2. The molecule has 0 aliphatic heterocycles. The van der Waals surface area contributed by atoms with E-state index in [0.717, 1.165) is 11.1 Å². The predicted octanol–water partition coefficient (Wildman–Crippen LogP) is 2.63. The third kappa shape index (κ3) is 5.64. The molecule has 27 heavy (non-hydrogen) atoms. The maximum Gasteiger partial charge on any atom is 0.129 e. The second-order valence-electron chi connectivity index (χ2n) is 6.46. The van der Waals surface area contributed by atoms with Crippen LogP contribution in [-0.4, -0.2) is 45.9 Å². The van der Waals surface area contributed by atoms with Crippen molar-refractivity contribution in [1.29, 1.82) is 0 Å². The number of aromatic hydroxyl groups is 2. The van der Waals surface area contributed by atoms with Crippen LogP contribution >= 0.6 is 0 Å². The molecular formula is C21H26N2O4. The first-order valence-corrected chi connectivity index (χ1v) is 8.82. The van der Waals surface area contributed by atoms with Crippen molar-refractivity contribution in [2.75, 3.05) is 13.1 Å². The summed E-state index contributed by atoms with van der Waals surface area (Å²) in [6.45, 7) is 4.45. The largest absolute Gasteiger partial charge is 0.507 e. The van der Waals surface area contributed by atoms with Crippen LogP contribution in [0.15, 0.2) is 34.3 Å². The highest BCUT2D eigenvalue weighted by atomic mass is 16.3. The molecule has 2 aromatic rings. The molecule has 0 saturated carbocycles. The van der Waals surface area contributed by atoms with E-state index in [1.165, 1.54) is 0 Å². The number of aliphatic imine (C=N–C) groups is 2. The number of phenols is 2. The van der Waals surface area contributed by atoms with Gasteiger partial charge in [0, 0.05) is 47.8 Å². The normalized spacial score (nSPS) is 11.7. The van der Waals surface area contributed by atoms with E-state index in [-0.39, 0.29) is 24.7 Å². The third-order valence-electron chi connectivity index (χ3n) is 4.10. The van der Waals surface area contributed by atoms with E-state index < -0.39 is 0 Å². The van der Waals surface area contributed by atoms with Gasteiger partial charge >= 0.3 is 0 Å². The summed E-state index contributed by atoms with van der Waals surface area (Å²) in [6, 6.07) is 7.11. The zero-order valence-corrected chi connectivity index (χ0v) is 15.7. The van der Waals surface area contributed by atoms with Crippen LogP contribution < -0.4 is 0 Å². The maximum absolute atomic E-state index is 10.1. The highest BCUT2D eigenvalue weighted by Gasteiger charge is 2.07. The summed E-state index contributed by atoms with van der Waals surface area (Å²) in [5.41, 5.74) is 4.04. The predicted molar refractivity (Wildman–Crippen MR) is 107 cm³/mol. The fourth-order valence-electron chi connectivity index (χ4n) is 2.78. The second-order valence-corrected chi connectivity index (χ2v) is 6.46. The van der Waals surface area contributed by atoms with E-state index in [0.29, 0.717) is 41.8 Å². The van der Waals surface area contributed by atoms with Gasteiger partial charge in [-0.2, -0.15) is 0 Å². The zero-order chi connectivity index (χ0) is 19.8. The fraction of sp³-hybridized carbons (Fsp3) is 0.333. The molecule has 0 atom stereocenters. The van der Waals surface area contributed by atoms with Gasteiger partial charge in [-0.3, -0.25) is 9.98 Å². The first-order chi connectivity index (χ1) is 13.0.